The fourth-order valence-electron chi connectivity index (χ4n) is 2.57. The molecule has 2 aromatic heterocycles. The van der Waals surface area contributed by atoms with Gasteiger partial charge in [-0.25, -0.2) is 13.1 Å². The molecule has 2 N–H and O–H groups in total. The number of hydrogen-bond acceptors (Lipinski definition) is 7. The smallest absolute Gasteiger partial charge is 0.267 e. The number of nitrogens with zero attached hydrogens (tertiary/aromatic N) is 1. The van der Waals surface area contributed by atoms with Crippen LogP contribution in [0.2, 0.25) is 2.82 Å². The van der Waals surface area contributed by atoms with Gasteiger partial charge >= 0.3 is 0 Å². The Kier molecular flexibility index (Phi) is 3.39. The minimum atomic E-state index is -4.90. The zero-order chi connectivity index (χ0) is 29.8. The van der Waals surface area contributed by atoms with Crippen molar-refractivity contribution >= 4 is 44.6 Å². The van der Waals surface area contributed by atoms with Crippen molar-refractivity contribution in [1.29, 1.82) is 0 Å². The lowest BCUT2D eigenvalue weighted by atomic mass is 10.0. The van der Waals surface area contributed by atoms with Gasteiger partial charge in [0.1, 0.15) is 9.77 Å². The van der Waals surface area contributed by atoms with E-state index in [9.17, 15) is 18.0 Å². The van der Waals surface area contributed by atoms with Crippen LogP contribution < -0.4 is 10.0 Å². The summed E-state index contributed by atoms with van der Waals surface area (Å²) in [6, 6.07) is 1.88. The molecular formula is C20H21N3O5S2. The first-order valence-electron chi connectivity index (χ1n) is 12.7. The van der Waals surface area contributed by atoms with E-state index in [0.717, 1.165) is 12.1 Å². The monoisotopic (exact) mass is 456 g/mol. The molecule has 0 atom stereocenters. The number of hydrogen-bond donors (Lipinski definition) is 2. The summed E-state index contributed by atoms with van der Waals surface area (Å²) in [5.74, 6) is -3.40. The number of Topliss-reactive ketones (excluding diaryl/α,β-unsaturated/α-hetero) is 1. The van der Waals surface area contributed by atoms with E-state index in [0.29, 0.717) is 11.3 Å². The molecule has 0 spiro atoms. The lowest BCUT2D eigenvalue weighted by molar-refractivity contribution is 0.101. The molecule has 0 bridgehead atoms. The van der Waals surface area contributed by atoms with Gasteiger partial charge in [0, 0.05) is 19.4 Å². The van der Waals surface area contributed by atoms with Crippen molar-refractivity contribution in [2.45, 2.75) is 39.4 Å². The number of carbonyl (C=O) groups is 2. The van der Waals surface area contributed by atoms with Crippen molar-refractivity contribution < 1.29 is 34.9 Å². The standard InChI is InChI=1S/C20H21N3O5S2/c1-10-8-11(2)17(15(9-10)14(5)24)21-19(25)18-16(6-7-29-18)30(26,27)23-20-12(3)13(4)22-28-20/h6-9,23H,1-5H3,(H,21,25)/i4D3,5D3,8D/hD2. The van der Waals surface area contributed by atoms with Crippen molar-refractivity contribution in [2.24, 2.45) is 0 Å². The number of aromatic nitrogens is 1. The van der Waals surface area contributed by atoms with Gasteiger partial charge in [0.2, 0.25) is 5.88 Å². The molecule has 0 unspecified atom stereocenters. The van der Waals surface area contributed by atoms with Crippen LogP contribution in [-0.4, -0.2) is 25.3 Å². The van der Waals surface area contributed by atoms with Crippen molar-refractivity contribution in [3.63, 3.8) is 0 Å². The second-order valence-corrected chi connectivity index (χ2v) is 8.72. The third kappa shape index (κ3) is 4.14. The zero-order valence-corrected chi connectivity index (χ0v) is 17.6. The van der Waals surface area contributed by atoms with Crippen LogP contribution in [0.25, 0.3) is 0 Å². The van der Waals surface area contributed by atoms with Gasteiger partial charge in [-0.2, -0.15) is 0 Å². The van der Waals surface area contributed by atoms with E-state index < -0.39 is 68.0 Å². The molecule has 10 heteroatoms. The molecule has 0 aliphatic carbocycles. The molecule has 0 fully saturated rings. The van der Waals surface area contributed by atoms with E-state index in [-0.39, 0.29) is 32.8 Å². The van der Waals surface area contributed by atoms with Gasteiger partial charge in [0.15, 0.2) is 8.61 Å². The molecule has 8 nitrogen and oxygen atoms in total. The van der Waals surface area contributed by atoms with Gasteiger partial charge in [-0.05, 0) is 63.1 Å². The summed E-state index contributed by atoms with van der Waals surface area (Å²) in [4.78, 5) is 24.7. The Labute approximate surface area is 191 Å². The average molecular weight is 457 g/mol. The highest BCUT2D eigenvalue weighted by molar-refractivity contribution is 7.93. The van der Waals surface area contributed by atoms with Crippen LogP contribution in [0.4, 0.5) is 11.6 Å². The Balaban J connectivity index is 2.11. The summed E-state index contributed by atoms with van der Waals surface area (Å²) in [6.45, 7) is -1.94. The highest BCUT2D eigenvalue weighted by Crippen LogP contribution is 2.29. The molecule has 3 aromatic rings. The van der Waals surface area contributed by atoms with Crippen molar-refractivity contribution in [3.05, 3.63) is 56.4 Å². The highest BCUT2D eigenvalue weighted by atomic mass is 32.2. The second-order valence-electron chi connectivity index (χ2n) is 6.23. The minimum Gasteiger partial charge on any atom is -0.337 e. The van der Waals surface area contributed by atoms with Crippen LogP contribution in [0.3, 0.4) is 0 Å². The molecule has 0 aliphatic heterocycles. The van der Waals surface area contributed by atoms with Crippen LogP contribution in [0.15, 0.2) is 33.0 Å². The fraction of sp³-hybridized carbons (Fsp3) is 0.250. The number of benzene rings is 1. The average Bonchev–Trinajstić information content (AvgIpc) is 3.47. The van der Waals surface area contributed by atoms with Crippen LogP contribution in [0, 0.1) is 27.6 Å². The summed E-state index contributed by atoms with van der Waals surface area (Å²) < 4.78 is 101. The zero-order valence-electron chi connectivity index (χ0n) is 24.9. The second kappa shape index (κ2) is 8.04. The van der Waals surface area contributed by atoms with Gasteiger partial charge in [-0.1, -0.05) is 11.2 Å². The first-order valence-corrected chi connectivity index (χ1v) is 10.6. The number of amides is 1. The van der Waals surface area contributed by atoms with E-state index in [2.05, 4.69) is 5.16 Å². The normalized spacial score (nSPS) is 16.6. The molecular weight excluding hydrogens is 426 g/mol. The molecule has 0 aliphatic rings. The topological polar surface area (TPSA) is 118 Å². The SMILES string of the molecule is [2H]c1c(C)cc(C(=O)C([2H])([2H])[2H])c(N([2H])C(=O)c2sccc2S(=O)(=O)N([2H])c2onc(C([2H])([2H])[2H])c2C)c1C. The predicted molar refractivity (Wildman–Crippen MR) is 115 cm³/mol. The number of sulfonamides is 1. The molecule has 2 heterocycles. The largest absolute Gasteiger partial charge is 0.337 e. The predicted octanol–water partition coefficient (Wildman–Crippen LogP) is 4.23. The molecule has 0 radical (unpaired) electrons. The van der Waals surface area contributed by atoms with Gasteiger partial charge in [0.25, 0.3) is 15.9 Å². The molecule has 3 rings (SSSR count). The van der Waals surface area contributed by atoms with Crippen LogP contribution in [0.5, 0.6) is 0 Å². The van der Waals surface area contributed by atoms with Crippen molar-refractivity contribution in [1.82, 2.24) is 5.16 Å². The fourth-order valence-corrected chi connectivity index (χ4v) is 4.84. The van der Waals surface area contributed by atoms with Gasteiger partial charge in [-0.15, -0.1) is 11.3 Å². The molecule has 0 saturated carbocycles. The number of nitrogens with one attached hydrogen (secondary N) is 2. The summed E-state index contributed by atoms with van der Waals surface area (Å²) >= 11 is 0.587. The number of ketones is 1. The number of carbonyl (C=O) groups excluding carboxylic acids is 2. The van der Waals surface area contributed by atoms with Crippen LogP contribution in [-0.2, 0) is 10.0 Å². The maximum absolute atomic E-state index is 13.4. The van der Waals surface area contributed by atoms with E-state index in [4.69, 9.17) is 16.9 Å². The van der Waals surface area contributed by atoms with E-state index >= 15 is 0 Å². The lowest BCUT2D eigenvalue weighted by Gasteiger charge is -2.14. The highest BCUT2D eigenvalue weighted by Gasteiger charge is 2.27. The first-order chi connectivity index (χ1) is 17.7. The Morgan fingerprint density at radius 2 is 2.10 bits per heavy atom. The Hall–Kier alpha value is -2.98. The van der Waals surface area contributed by atoms with Crippen LogP contribution >= 0.6 is 11.3 Å². The third-order valence-corrected chi connectivity index (χ3v) is 6.35. The molecule has 30 heavy (non-hydrogen) atoms. The number of anilines is 2. The Bertz CT molecular complexity index is 1580. The summed E-state index contributed by atoms with van der Waals surface area (Å²) in [7, 11) is -4.90. The Morgan fingerprint density at radius 1 is 1.33 bits per heavy atom. The van der Waals surface area contributed by atoms with E-state index in [1.807, 2.05) is 0 Å². The van der Waals surface area contributed by atoms with Gasteiger partial charge in [0.05, 0.1) is 12.8 Å². The lowest BCUT2D eigenvalue weighted by Crippen LogP contribution is -2.20. The van der Waals surface area contributed by atoms with Gasteiger partial charge < -0.3 is 9.83 Å². The quantitative estimate of drug-likeness (QED) is 0.536. The maximum atomic E-state index is 13.4. The molecule has 0 saturated heterocycles. The number of rotatable bonds is 6. The van der Waals surface area contributed by atoms with Crippen LogP contribution in [0.1, 0.15) is 58.9 Å². The van der Waals surface area contributed by atoms with Crippen molar-refractivity contribution in [3.8, 4) is 0 Å². The first kappa shape index (κ1) is 12.7. The summed E-state index contributed by atoms with van der Waals surface area (Å²) in [6.07, 6.45) is 0. The minimum absolute atomic E-state index is 0.0662. The summed E-state index contributed by atoms with van der Waals surface area (Å²) in [5.41, 5.74) is -1.69. The van der Waals surface area contributed by atoms with E-state index in [1.165, 1.54) is 26.2 Å². The molecule has 1 amide bonds. The summed E-state index contributed by atoms with van der Waals surface area (Å²) in [5, 5.41) is 4.66. The molecule has 1 aromatic carbocycles. The molecule has 158 valence electrons. The van der Waals surface area contributed by atoms with Gasteiger partial charge in [-0.3, -0.25) is 9.59 Å². The van der Waals surface area contributed by atoms with Crippen molar-refractivity contribution in [2.75, 3.05) is 10.0 Å². The Morgan fingerprint density at radius 3 is 2.77 bits per heavy atom. The van der Waals surface area contributed by atoms with E-state index in [1.54, 1.807) is 0 Å². The number of thiophene rings is 1. The maximum Gasteiger partial charge on any atom is 0.267 e. The number of aryl methyl sites for hydroxylation is 2. The third-order valence-electron chi connectivity index (χ3n) is 4.02.